The number of hydrogen-bond acceptors (Lipinski definition) is 4. The molecule has 0 spiro atoms. The first-order valence-electron chi connectivity index (χ1n) is 3.73. The summed E-state index contributed by atoms with van der Waals surface area (Å²) in [5.41, 5.74) is 0. The summed E-state index contributed by atoms with van der Waals surface area (Å²) in [5.74, 6) is 0. The number of aliphatic hydroxyl groups is 2. The van der Waals surface area contributed by atoms with Crippen LogP contribution in [0, 0.1) is 0 Å². The van der Waals surface area contributed by atoms with E-state index in [9.17, 15) is 5.11 Å². The zero-order valence-electron chi connectivity index (χ0n) is 6.56. The maximum absolute atomic E-state index is 9.24. The first-order chi connectivity index (χ1) is 5.26. The maximum Gasteiger partial charge on any atom is 0.160 e. The third-order valence-electron chi connectivity index (χ3n) is 1.81. The van der Waals surface area contributed by atoms with Gasteiger partial charge in [0.05, 0.1) is 18.8 Å². The zero-order valence-corrected chi connectivity index (χ0v) is 6.56. The van der Waals surface area contributed by atoms with Crippen molar-refractivity contribution in [1.29, 1.82) is 0 Å². The van der Waals surface area contributed by atoms with Gasteiger partial charge in [0.1, 0.15) is 0 Å². The Morgan fingerprint density at radius 3 is 2.82 bits per heavy atom. The molecule has 3 atom stereocenters. The lowest BCUT2D eigenvalue weighted by atomic mass is 10.1. The lowest BCUT2D eigenvalue weighted by Gasteiger charge is -2.30. The Kier molecular flexibility index (Phi) is 3.26. The molecule has 66 valence electrons. The summed E-state index contributed by atoms with van der Waals surface area (Å²) in [6.45, 7) is -0.0586. The number of rotatable bonds is 2. The molecule has 2 N–H and O–H groups in total. The second-order valence-corrected chi connectivity index (χ2v) is 2.73. The van der Waals surface area contributed by atoms with Crippen LogP contribution in [0.1, 0.15) is 12.8 Å². The molecular weight excluding hydrogens is 148 g/mol. The van der Waals surface area contributed by atoms with Gasteiger partial charge in [-0.15, -0.1) is 0 Å². The monoisotopic (exact) mass is 162 g/mol. The van der Waals surface area contributed by atoms with E-state index in [2.05, 4.69) is 0 Å². The molecule has 1 saturated heterocycles. The van der Waals surface area contributed by atoms with Gasteiger partial charge in [0.2, 0.25) is 0 Å². The van der Waals surface area contributed by atoms with Gasteiger partial charge in [-0.2, -0.15) is 0 Å². The number of methoxy groups -OCH3 is 1. The molecule has 0 amide bonds. The maximum atomic E-state index is 9.24. The largest absolute Gasteiger partial charge is 0.394 e. The molecular formula is C7H14O4. The van der Waals surface area contributed by atoms with Crippen LogP contribution in [0.25, 0.3) is 0 Å². The average molecular weight is 162 g/mol. The van der Waals surface area contributed by atoms with Crippen molar-refractivity contribution in [3.05, 3.63) is 0 Å². The van der Waals surface area contributed by atoms with Crippen molar-refractivity contribution in [3.8, 4) is 0 Å². The molecule has 11 heavy (non-hydrogen) atoms. The molecule has 0 aliphatic carbocycles. The predicted molar refractivity (Wildman–Crippen MR) is 38.0 cm³/mol. The first kappa shape index (κ1) is 8.93. The molecule has 1 aliphatic rings. The van der Waals surface area contributed by atoms with E-state index in [0.29, 0.717) is 12.8 Å². The summed E-state index contributed by atoms with van der Waals surface area (Å²) in [5, 5.41) is 18.0. The van der Waals surface area contributed by atoms with Crippen molar-refractivity contribution < 1.29 is 19.7 Å². The minimum absolute atomic E-state index is 0.0586. The normalized spacial score (nSPS) is 39.0. The highest BCUT2D eigenvalue weighted by Gasteiger charge is 2.27. The van der Waals surface area contributed by atoms with Crippen LogP contribution in [-0.2, 0) is 9.47 Å². The number of aliphatic hydroxyl groups excluding tert-OH is 2. The molecule has 4 nitrogen and oxygen atoms in total. The summed E-state index contributed by atoms with van der Waals surface area (Å²) in [6.07, 6.45) is -0.0611. The van der Waals surface area contributed by atoms with Crippen molar-refractivity contribution >= 4 is 0 Å². The Bertz CT molecular complexity index is 105. The molecule has 0 aromatic rings. The van der Waals surface area contributed by atoms with Crippen molar-refractivity contribution in [2.45, 2.75) is 31.3 Å². The Morgan fingerprint density at radius 1 is 1.55 bits per heavy atom. The number of ether oxygens (including phenoxy) is 2. The second kappa shape index (κ2) is 4.01. The molecule has 0 radical (unpaired) electrons. The molecule has 1 fully saturated rings. The van der Waals surface area contributed by atoms with Crippen LogP contribution in [0.2, 0.25) is 0 Å². The first-order valence-corrected chi connectivity index (χ1v) is 3.73. The molecule has 1 rings (SSSR count). The van der Waals surface area contributed by atoms with Crippen LogP contribution < -0.4 is 0 Å². The van der Waals surface area contributed by atoms with E-state index in [1.807, 2.05) is 0 Å². The van der Waals surface area contributed by atoms with E-state index in [4.69, 9.17) is 14.6 Å². The third kappa shape index (κ3) is 2.41. The molecule has 0 aromatic carbocycles. The Morgan fingerprint density at radius 2 is 2.27 bits per heavy atom. The highest BCUT2D eigenvalue weighted by molar-refractivity contribution is 4.72. The van der Waals surface area contributed by atoms with Crippen LogP contribution in [-0.4, -0.2) is 42.4 Å². The summed E-state index contributed by atoms with van der Waals surface area (Å²) in [6, 6.07) is 0. The fraction of sp³-hybridized carbons (Fsp3) is 1.00. The SMILES string of the molecule is CO[C@H]1C[C@H](O)C[C@@H](CO)O1. The highest BCUT2D eigenvalue weighted by atomic mass is 16.7. The smallest absolute Gasteiger partial charge is 0.160 e. The average Bonchev–Trinajstić information content (AvgIpc) is 2.03. The molecule has 0 saturated carbocycles. The van der Waals surface area contributed by atoms with E-state index >= 15 is 0 Å². The van der Waals surface area contributed by atoms with Crippen molar-refractivity contribution in [2.24, 2.45) is 0 Å². The summed E-state index contributed by atoms with van der Waals surface area (Å²) in [4.78, 5) is 0. The van der Waals surface area contributed by atoms with E-state index < -0.39 is 6.10 Å². The lowest BCUT2D eigenvalue weighted by molar-refractivity contribution is -0.210. The van der Waals surface area contributed by atoms with Gasteiger partial charge in [-0.25, -0.2) is 0 Å². The minimum atomic E-state index is -0.411. The molecule has 1 aliphatic heterocycles. The highest BCUT2D eigenvalue weighted by Crippen LogP contribution is 2.19. The van der Waals surface area contributed by atoms with Crippen LogP contribution >= 0.6 is 0 Å². The van der Waals surface area contributed by atoms with Gasteiger partial charge in [0, 0.05) is 20.0 Å². The summed E-state index contributed by atoms with van der Waals surface area (Å²) >= 11 is 0. The molecule has 0 unspecified atom stereocenters. The number of hydrogen-bond donors (Lipinski definition) is 2. The van der Waals surface area contributed by atoms with Crippen molar-refractivity contribution in [1.82, 2.24) is 0 Å². The Balaban J connectivity index is 2.37. The predicted octanol–water partition coefficient (Wildman–Crippen LogP) is -0.509. The van der Waals surface area contributed by atoms with Crippen molar-refractivity contribution in [3.63, 3.8) is 0 Å². The van der Waals surface area contributed by atoms with Crippen LogP contribution in [0.15, 0.2) is 0 Å². The van der Waals surface area contributed by atoms with Gasteiger partial charge in [-0.05, 0) is 0 Å². The third-order valence-corrected chi connectivity index (χ3v) is 1.81. The topological polar surface area (TPSA) is 58.9 Å². The van der Waals surface area contributed by atoms with Gasteiger partial charge < -0.3 is 19.7 Å². The molecule has 0 aromatic heterocycles. The Hall–Kier alpha value is -0.160. The quantitative estimate of drug-likeness (QED) is 0.574. The molecule has 0 bridgehead atoms. The second-order valence-electron chi connectivity index (χ2n) is 2.73. The van der Waals surface area contributed by atoms with Gasteiger partial charge in [-0.1, -0.05) is 0 Å². The van der Waals surface area contributed by atoms with Gasteiger partial charge >= 0.3 is 0 Å². The van der Waals surface area contributed by atoms with Crippen LogP contribution in [0.4, 0.5) is 0 Å². The zero-order chi connectivity index (χ0) is 8.27. The lowest BCUT2D eigenvalue weighted by Crippen LogP contribution is -2.38. The summed E-state index contributed by atoms with van der Waals surface area (Å²) < 4.78 is 10.1. The van der Waals surface area contributed by atoms with E-state index in [1.54, 1.807) is 0 Å². The van der Waals surface area contributed by atoms with Crippen LogP contribution in [0.5, 0.6) is 0 Å². The fourth-order valence-corrected chi connectivity index (χ4v) is 1.22. The van der Waals surface area contributed by atoms with Gasteiger partial charge in [-0.3, -0.25) is 0 Å². The van der Waals surface area contributed by atoms with Crippen LogP contribution in [0.3, 0.4) is 0 Å². The molecule has 1 heterocycles. The molecule has 4 heteroatoms. The van der Waals surface area contributed by atoms with E-state index in [1.165, 1.54) is 7.11 Å². The fourth-order valence-electron chi connectivity index (χ4n) is 1.22. The van der Waals surface area contributed by atoms with E-state index in [-0.39, 0.29) is 19.0 Å². The minimum Gasteiger partial charge on any atom is -0.394 e. The Labute approximate surface area is 65.7 Å². The van der Waals surface area contributed by atoms with E-state index in [0.717, 1.165) is 0 Å². The van der Waals surface area contributed by atoms with Gasteiger partial charge in [0.15, 0.2) is 6.29 Å². The van der Waals surface area contributed by atoms with Gasteiger partial charge in [0.25, 0.3) is 0 Å². The standard InChI is InChI=1S/C7H14O4/c1-10-7-3-5(9)2-6(4-8)11-7/h5-9H,2-4H2,1H3/t5-,6+,7-/m1/s1. The van der Waals surface area contributed by atoms with Crippen molar-refractivity contribution in [2.75, 3.05) is 13.7 Å². The summed E-state index contributed by atoms with van der Waals surface area (Å²) in [7, 11) is 1.52.